The zero-order valence-corrected chi connectivity index (χ0v) is 8.30. The van der Waals surface area contributed by atoms with Gasteiger partial charge in [0, 0.05) is 18.3 Å². The smallest absolute Gasteiger partial charge is 0.320 e. The van der Waals surface area contributed by atoms with Crippen LogP contribution in [0.5, 0.6) is 0 Å². The first-order valence-electron chi connectivity index (χ1n) is 3.27. The van der Waals surface area contributed by atoms with Crippen molar-refractivity contribution < 1.29 is 9.90 Å². The molecule has 1 aromatic rings. The van der Waals surface area contributed by atoms with Crippen LogP contribution >= 0.6 is 22.9 Å². The Morgan fingerprint density at radius 2 is 2.58 bits per heavy atom. The van der Waals surface area contributed by atoms with Gasteiger partial charge in [-0.3, -0.25) is 7.58 Å². The maximum absolute atomic E-state index is 10.4. The molecule has 0 radical (unpaired) electrons. The molecule has 0 aliphatic heterocycles. The maximum atomic E-state index is 10.4. The normalized spacial score (nSPS) is 12.8. The van der Waals surface area contributed by atoms with E-state index in [2.05, 4.69) is 4.98 Å². The molecule has 0 unspecified atom stereocenters. The summed E-state index contributed by atoms with van der Waals surface area (Å²) >= 11 is 2.02. The number of aliphatic carboxylic acids is 1. The van der Waals surface area contributed by atoms with Gasteiger partial charge in [-0.1, -0.05) is 0 Å². The van der Waals surface area contributed by atoms with Crippen molar-refractivity contribution in [3.8, 4) is 0 Å². The van der Waals surface area contributed by atoms with Crippen LogP contribution < -0.4 is 5.73 Å². The van der Waals surface area contributed by atoms with Crippen molar-refractivity contribution >= 4 is 28.8 Å². The number of carboxylic acids is 1. The van der Waals surface area contributed by atoms with Crippen LogP contribution in [0.25, 0.3) is 0 Å². The van der Waals surface area contributed by atoms with Crippen molar-refractivity contribution in [2.24, 2.45) is 5.73 Å². The van der Waals surface area contributed by atoms with Gasteiger partial charge in [0.2, 0.25) is 0 Å². The quantitative estimate of drug-likeness (QED) is 0.766. The lowest BCUT2D eigenvalue weighted by molar-refractivity contribution is -0.138. The van der Waals surface area contributed by atoms with Crippen molar-refractivity contribution in [1.29, 1.82) is 0 Å². The summed E-state index contributed by atoms with van der Waals surface area (Å²) in [5, 5.41) is 8.51. The Labute approximate surface area is 83.1 Å². The minimum absolute atomic E-state index is 0.304. The van der Waals surface area contributed by atoms with Gasteiger partial charge >= 0.3 is 5.97 Å². The molecule has 12 heavy (non-hydrogen) atoms. The summed E-state index contributed by atoms with van der Waals surface area (Å²) in [4.78, 5) is 14.2. The zero-order chi connectivity index (χ0) is 9.14. The van der Waals surface area contributed by atoms with Gasteiger partial charge in [-0.05, 0) is 0 Å². The van der Waals surface area contributed by atoms with Gasteiger partial charge in [0.1, 0.15) is 12.4 Å². The van der Waals surface area contributed by atoms with Crippen LogP contribution in [0, 0.1) is 0 Å². The first kappa shape index (κ1) is 9.46. The summed E-state index contributed by atoms with van der Waals surface area (Å²) in [6.07, 6.45) is 3.51. The standard InChI is InChI=1S/C6H8IN3O2/c7-10-3-9-2-4(10)1-5(8)6(11)12/h2-3,5H,1,8H2,(H,11,12)/t5-/m0/s1. The van der Waals surface area contributed by atoms with Gasteiger partial charge in [-0.2, -0.15) is 0 Å². The fourth-order valence-corrected chi connectivity index (χ4v) is 1.23. The van der Waals surface area contributed by atoms with E-state index >= 15 is 0 Å². The number of carboxylic acid groups (broad SMARTS) is 1. The van der Waals surface area contributed by atoms with E-state index in [1.807, 2.05) is 22.9 Å². The maximum Gasteiger partial charge on any atom is 0.320 e. The molecule has 0 aromatic carbocycles. The van der Waals surface area contributed by atoms with E-state index in [0.717, 1.165) is 5.69 Å². The third-order valence-electron chi connectivity index (χ3n) is 1.41. The second-order valence-corrected chi connectivity index (χ2v) is 3.38. The molecule has 66 valence electrons. The predicted octanol–water partition coefficient (Wildman–Crippen LogP) is 0.0356. The van der Waals surface area contributed by atoms with E-state index < -0.39 is 12.0 Å². The van der Waals surface area contributed by atoms with E-state index in [9.17, 15) is 4.79 Å². The Kier molecular flexibility index (Phi) is 3.04. The fourth-order valence-electron chi connectivity index (χ4n) is 0.760. The molecule has 0 aliphatic rings. The van der Waals surface area contributed by atoms with Gasteiger partial charge in [-0.15, -0.1) is 0 Å². The van der Waals surface area contributed by atoms with Crippen LogP contribution in [0.2, 0.25) is 0 Å². The number of rotatable bonds is 3. The second-order valence-electron chi connectivity index (χ2n) is 2.35. The summed E-state index contributed by atoms with van der Waals surface area (Å²) in [7, 11) is 0. The number of imidazole rings is 1. The summed E-state index contributed by atoms with van der Waals surface area (Å²) in [5.41, 5.74) is 6.14. The van der Waals surface area contributed by atoms with Gasteiger partial charge in [-0.25, -0.2) is 4.98 Å². The molecule has 0 spiro atoms. The zero-order valence-electron chi connectivity index (χ0n) is 6.14. The molecule has 0 aliphatic carbocycles. The average Bonchev–Trinajstić information content (AvgIpc) is 2.36. The summed E-state index contributed by atoms with van der Waals surface area (Å²) in [6, 6.07) is -0.852. The van der Waals surface area contributed by atoms with Crippen molar-refractivity contribution in [2.45, 2.75) is 12.5 Å². The van der Waals surface area contributed by atoms with Gasteiger partial charge < -0.3 is 10.8 Å². The van der Waals surface area contributed by atoms with Crippen LogP contribution in [-0.4, -0.2) is 24.9 Å². The van der Waals surface area contributed by atoms with Crippen molar-refractivity contribution in [1.82, 2.24) is 7.76 Å². The Bertz CT molecular complexity index is 286. The molecule has 6 heteroatoms. The lowest BCUT2D eigenvalue weighted by atomic mass is 10.2. The molecule has 1 aromatic heterocycles. The molecule has 0 saturated heterocycles. The molecule has 0 bridgehead atoms. The average molecular weight is 281 g/mol. The van der Waals surface area contributed by atoms with E-state index in [1.165, 1.54) is 0 Å². The Morgan fingerprint density at radius 1 is 1.92 bits per heavy atom. The number of carbonyl (C=O) groups is 1. The van der Waals surface area contributed by atoms with Crippen LogP contribution in [0.1, 0.15) is 5.69 Å². The molecule has 0 amide bonds. The molecule has 0 fully saturated rings. The minimum Gasteiger partial charge on any atom is -0.480 e. The van der Waals surface area contributed by atoms with Gasteiger partial charge in [0.05, 0.1) is 22.9 Å². The largest absolute Gasteiger partial charge is 0.480 e. The highest BCUT2D eigenvalue weighted by Gasteiger charge is 2.13. The molecular formula is C6H8IN3O2. The Morgan fingerprint density at radius 3 is 3.00 bits per heavy atom. The molecule has 1 heterocycles. The predicted molar refractivity (Wildman–Crippen MR) is 51.0 cm³/mol. The van der Waals surface area contributed by atoms with E-state index in [1.54, 1.807) is 15.3 Å². The van der Waals surface area contributed by atoms with Crippen molar-refractivity contribution in [3.05, 3.63) is 18.2 Å². The molecule has 1 rings (SSSR count). The van der Waals surface area contributed by atoms with Gasteiger partial charge in [0.25, 0.3) is 0 Å². The van der Waals surface area contributed by atoms with Crippen LogP contribution in [0.15, 0.2) is 12.5 Å². The van der Waals surface area contributed by atoms with Crippen molar-refractivity contribution in [3.63, 3.8) is 0 Å². The summed E-state index contributed by atoms with van der Waals surface area (Å²) < 4.78 is 1.72. The number of halogens is 1. The summed E-state index contributed by atoms with van der Waals surface area (Å²) in [6.45, 7) is 0. The Hall–Kier alpha value is -0.630. The van der Waals surface area contributed by atoms with E-state index in [-0.39, 0.29) is 0 Å². The monoisotopic (exact) mass is 281 g/mol. The third kappa shape index (κ3) is 2.18. The van der Waals surface area contributed by atoms with E-state index in [0.29, 0.717) is 6.42 Å². The lowest BCUT2D eigenvalue weighted by Gasteiger charge is -2.04. The lowest BCUT2D eigenvalue weighted by Crippen LogP contribution is -2.32. The Balaban J connectivity index is 2.64. The first-order chi connectivity index (χ1) is 5.61. The molecule has 1 atom stereocenters. The van der Waals surface area contributed by atoms with Crippen LogP contribution in [-0.2, 0) is 11.2 Å². The van der Waals surface area contributed by atoms with E-state index in [4.69, 9.17) is 10.8 Å². The highest BCUT2D eigenvalue weighted by atomic mass is 127. The first-order valence-corrected chi connectivity index (χ1v) is 4.23. The fraction of sp³-hybridized carbons (Fsp3) is 0.333. The van der Waals surface area contributed by atoms with Gasteiger partial charge in [0.15, 0.2) is 0 Å². The SMILES string of the molecule is N[C@@H](Cc1cncn1I)C(=O)O. The number of nitrogens with zero attached hydrogens (tertiary/aromatic N) is 2. The van der Waals surface area contributed by atoms with Crippen LogP contribution in [0.4, 0.5) is 0 Å². The number of nitrogens with two attached hydrogens (primary N) is 1. The third-order valence-corrected chi connectivity index (χ3v) is 2.28. The number of hydrogen-bond acceptors (Lipinski definition) is 3. The molecular weight excluding hydrogens is 273 g/mol. The summed E-state index contributed by atoms with van der Waals surface area (Å²) in [5.74, 6) is -0.993. The van der Waals surface area contributed by atoms with Crippen LogP contribution in [0.3, 0.4) is 0 Å². The minimum atomic E-state index is -0.993. The molecule has 5 nitrogen and oxygen atoms in total. The molecule has 3 N–H and O–H groups in total. The topological polar surface area (TPSA) is 81.1 Å². The highest BCUT2D eigenvalue weighted by molar-refractivity contribution is 14.1. The number of hydrogen-bond donors (Lipinski definition) is 2. The second kappa shape index (κ2) is 3.85. The van der Waals surface area contributed by atoms with Crippen molar-refractivity contribution in [2.75, 3.05) is 0 Å². The molecule has 0 saturated carbocycles. The highest BCUT2D eigenvalue weighted by Crippen LogP contribution is 2.05. The number of aromatic nitrogens is 2.